The second kappa shape index (κ2) is 11.0. The summed E-state index contributed by atoms with van der Waals surface area (Å²) in [6.07, 6.45) is 14.3. The number of amides is 1. The zero-order chi connectivity index (χ0) is 25.6. The number of nitrogens with zero attached hydrogens (tertiary/aromatic N) is 4. The van der Waals surface area contributed by atoms with Gasteiger partial charge in [-0.05, 0) is 61.2 Å². The van der Waals surface area contributed by atoms with Crippen molar-refractivity contribution in [3.63, 3.8) is 0 Å². The first kappa shape index (κ1) is 24.1. The van der Waals surface area contributed by atoms with E-state index >= 15 is 0 Å². The van der Waals surface area contributed by atoms with Gasteiger partial charge in [-0.25, -0.2) is 9.88 Å². The monoisotopic (exact) mass is 491 g/mol. The molecular weight excluding hydrogens is 462 g/mol. The molecule has 3 N–H and O–H groups in total. The molecule has 37 heavy (non-hydrogen) atoms. The Morgan fingerprint density at radius 3 is 2.81 bits per heavy atom. The number of amidine groups is 1. The lowest BCUT2D eigenvalue weighted by Gasteiger charge is -2.24. The van der Waals surface area contributed by atoms with Crippen LogP contribution >= 0.6 is 0 Å². The summed E-state index contributed by atoms with van der Waals surface area (Å²) in [6, 6.07) is 15.5. The van der Waals surface area contributed by atoms with E-state index < -0.39 is 0 Å². The number of quaternary nitrogens is 1. The van der Waals surface area contributed by atoms with Crippen molar-refractivity contribution < 1.29 is 14.7 Å². The minimum atomic E-state index is -0.332. The Balaban J connectivity index is 1.31. The highest BCUT2D eigenvalue weighted by Gasteiger charge is 2.26. The van der Waals surface area contributed by atoms with Gasteiger partial charge in [0.2, 0.25) is 18.2 Å². The van der Waals surface area contributed by atoms with E-state index in [1.165, 1.54) is 19.3 Å². The Morgan fingerprint density at radius 2 is 2.11 bits per heavy atom. The number of hydrogen-bond acceptors (Lipinski definition) is 5. The van der Waals surface area contributed by atoms with E-state index in [1.807, 2.05) is 61.1 Å². The second-order valence-electron chi connectivity index (χ2n) is 8.98. The van der Waals surface area contributed by atoms with Crippen molar-refractivity contribution >= 4 is 41.2 Å². The van der Waals surface area contributed by atoms with E-state index in [0.29, 0.717) is 17.2 Å². The predicted molar refractivity (Wildman–Crippen MR) is 146 cm³/mol. The standard InChI is InChI=1S/C29H27N7O/c1-3-31-27(15-20(2)23-12-13-26(32-17-23)21-7-4-8-21)29(37)34-24-10-5-9-22(16-24)28-35-33-19-36(28)25-11-6-14-30-18-25/h3,5-6,9-19,21H,2,4,7-8H2,1H3,(H,34,37)/p+2/b27-15-,31-3?. The molecule has 3 heterocycles. The molecule has 8 heteroatoms. The van der Waals surface area contributed by atoms with Crippen molar-refractivity contribution in [1.82, 2.24) is 4.98 Å². The fourth-order valence-corrected chi connectivity index (χ4v) is 4.27. The molecular formula is C29H29N7O+2. The van der Waals surface area contributed by atoms with Gasteiger partial charge in [0.1, 0.15) is 5.70 Å². The number of nitrogens with one attached hydrogen (secondary N) is 3. The molecule has 3 aromatic rings. The van der Waals surface area contributed by atoms with Gasteiger partial charge in [-0.15, -0.1) is 0 Å². The average molecular weight is 492 g/mol. The Bertz CT molecular complexity index is 1420. The topological polar surface area (TPSA) is 97.7 Å². The zero-order valence-electron chi connectivity index (χ0n) is 20.7. The zero-order valence-corrected chi connectivity index (χ0v) is 20.7. The first-order valence-corrected chi connectivity index (χ1v) is 12.3. The lowest BCUT2D eigenvalue weighted by Crippen LogP contribution is -3.08. The van der Waals surface area contributed by atoms with E-state index in [1.54, 1.807) is 25.6 Å². The maximum Gasteiger partial charge on any atom is 0.274 e. The van der Waals surface area contributed by atoms with Crippen LogP contribution in [0.3, 0.4) is 0 Å². The number of H-pyrrole nitrogens is 1. The Morgan fingerprint density at radius 1 is 1.22 bits per heavy atom. The number of pyridine rings is 2. The van der Waals surface area contributed by atoms with Crippen molar-refractivity contribution in [1.29, 1.82) is 0 Å². The smallest absolute Gasteiger partial charge is 0.274 e. The lowest BCUT2D eigenvalue weighted by atomic mass is 9.82. The maximum absolute atomic E-state index is 13.2. The van der Waals surface area contributed by atoms with Gasteiger partial charge in [-0.2, -0.15) is 0 Å². The molecule has 1 saturated carbocycles. The molecule has 0 bridgehead atoms. The van der Waals surface area contributed by atoms with Crippen molar-refractivity contribution in [2.75, 3.05) is 5.32 Å². The third-order valence-electron chi connectivity index (χ3n) is 6.50. The fraction of sp³-hybridized carbons (Fsp3) is 0.172. The van der Waals surface area contributed by atoms with Crippen LogP contribution in [-0.4, -0.2) is 29.3 Å². The average Bonchev–Trinajstić information content (AvgIpc) is 3.39. The van der Waals surface area contributed by atoms with Crippen LogP contribution in [0.2, 0.25) is 0 Å². The molecule has 8 nitrogen and oxygen atoms in total. The van der Waals surface area contributed by atoms with Crippen molar-refractivity contribution in [2.24, 2.45) is 15.2 Å². The maximum atomic E-state index is 13.2. The summed E-state index contributed by atoms with van der Waals surface area (Å²) < 4.78 is 0. The fourth-order valence-electron chi connectivity index (χ4n) is 4.27. The summed E-state index contributed by atoms with van der Waals surface area (Å²) >= 11 is 0. The largest absolute Gasteiger partial charge is 0.321 e. The summed E-state index contributed by atoms with van der Waals surface area (Å²) in [7, 11) is 0. The molecule has 1 aliphatic heterocycles. The van der Waals surface area contributed by atoms with Gasteiger partial charge < -0.3 is 5.32 Å². The SMILES string of the molecule is C=C(/C=C(\N=CC)C(=O)Nc1cccc(C2=NN=C[NH+]2c2ccc[nH+]c2)c1)c1ccc(C2CCC2)nc1. The first-order chi connectivity index (χ1) is 18.1. The van der Waals surface area contributed by atoms with Crippen LogP contribution in [0.5, 0.6) is 0 Å². The molecule has 2 aliphatic rings. The number of benzene rings is 1. The van der Waals surface area contributed by atoms with Crippen LogP contribution in [0, 0.1) is 0 Å². The predicted octanol–water partition coefficient (Wildman–Crippen LogP) is 3.71. The van der Waals surface area contributed by atoms with Crippen LogP contribution in [-0.2, 0) is 4.79 Å². The highest BCUT2D eigenvalue weighted by Crippen LogP contribution is 2.35. The molecule has 5 rings (SSSR count). The van der Waals surface area contributed by atoms with E-state index in [-0.39, 0.29) is 11.6 Å². The van der Waals surface area contributed by atoms with Gasteiger partial charge in [0, 0.05) is 41.8 Å². The van der Waals surface area contributed by atoms with Crippen molar-refractivity contribution in [3.8, 4) is 0 Å². The van der Waals surface area contributed by atoms with E-state index in [0.717, 1.165) is 33.2 Å². The van der Waals surface area contributed by atoms with Crippen LogP contribution in [0.4, 0.5) is 11.4 Å². The molecule has 1 amide bonds. The normalized spacial score (nSPS) is 17.5. The molecule has 1 unspecified atom stereocenters. The minimum Gasteiger partial charge on any atom is -0.321 e. The molecule has 0 saturated heterocycles. The van der Waals surface area contributed by atoms with E-state index in [9.17, 15) is 4.79 Å². The van der Waals surface area contributed by atoms with Crippen LogP contribution in [0.15, 0.2) is 101 Å². The number of rotatable bonds is 8. The summed E-state index contributed by atoms with van der Waals surface area (Å²) in [5.74, 6) is 0.979. The van der Waals surface area contributed by atoms with Crippen LogP contribution in [0.25, 0.3) is 5.57 Å². The Labute approximate surface area is 215 Å². The molecule has 184 valence electrons. The third kappa shape index (κ3) is 5.49. The number of aromatic nitrogens is 2. The summed E-state index contributed by atoms with van der Waals surface area (Å²) in [4.78, 5) is 26.1. The second-order valence-corrected chi connectivity index (χ2v) is 8.98. The number of carbonyl (C=O) groups excluding carboxylic acids is 1. The molecule has 1 fully saturated rings. The van der Waals surface area contributed by atoms with Gasteiger partial charge in [0.15, 0.2) is 6.20 Å². The van der Waals surface area contributed by atoms with Gasteiger partial charge in [0.25, 0.3) is 11.7 Å². The Hall–Kier alpha value is -4.56. The quantitative estimate of drug-likeness (QED) is 0.285. The number of allylic oxidation sites excluding steroid dienone is 2. The van der Waals surface area contributed by atoms with Gasteiger partial charge in [-0.1, -0.05) is 35.3 Å². The lowest BCUT2D eigenvalue weighted by molar-refractivity contribution is -0.610. The van der Waals surface area contributed by atoms with Gasteiger partial charge in [0.05, 0.1) is 5.56 Å². The van der Waals surface area contributed by atoms with E-state index in [4.69, 9.17) is 0 Å². The summed E-state index contributed by atoms with van der Waals surface area (Å²) in [5.41, 5.74) is 5.38. The van der Waals surface area contributed by atoms with Crippen molar-refractivity contribution in [3.05, 3.63) is 102 Å². The molecule has 1 aromatic carbocycles. The first-order valence-electron chi connectivity index (χ1n) is 12.3. The highest BCUT2D eigenvalue weighted by molar-refractivity contribution is 6.06. The molecule has 1 atom stereocenters. The molecule has 2 aromatic heterocycles. The van der Waals surface area contributed by atoms with Crippen molar-refractivity contribution in [2.45, 2.75) is 32.1 Å². The number of hydrogen-bond donors (Lipinski definition) is 2. The number of carbonyl (C=O) groups is 1. The number of aromatic amines is 1. The van der Waals surface area contributed by atoms with Crippen LogP contribution < -0.4 is 15.2 Å². The summed E-state index contributed by atoms with van der Waals surface area (Å²) in [6.45, 7) is 5.92. The molecule has 0 spiro atoms. The molecule has 0 radical (unpaired) electrons. The molecule has 1 aliphatic carbocycles. The van der Waals surface area contributed by atoms with Gasteiger partial charge in [-0.3, -0.25) is 14.8 Å². The highest BCUT2D eigenvalue weighted by atomic mass is 16.2. The van der Waals surface area contributed by atoms with Crippen LogP contribution in [0.1, 0.15) is 48.9 Å². The number of anilines is 1. The number of aliphatic imine (C=N–C) groups is 1. The van der Waals surface area contributed by atoms with Gasteiger partial charge >= 0.3 is 0 Å². The minimum absolute atomic E-state index is 0.259. The Kier molecular flexibility index (Phi) is 7.19. The third-order valence-corrected chi connectivity index (χ3v) is 6.50. The van der Waals surface area contributed by atoms with E-state index in [2.05, 4.69) is 43.1 Å². The summed E-state index contributed by atoms with van der Waals surface area (Å²) in [5, 5.41) is 11.4.